The van der Waals surface area contributed by atoms with Crippen molar-refractivity contribution in [3.05, 3.63) is 0 Å². The Morgan fingerprint density at radius 1 is 1.36 bits per heavy atom. The second-order valence-corrected chi connectivity index (χ2v) is 3.03. The summed E-state index contributed by atoms with van der Waals surface area (Å²) in [5.74, 6) is 0. The van der Waals surface area contributed by atoms with Crippen molar-refractivity contribution in [2.24, 2.45) is 5.73 Å². The van der Waals surface area contributed by atoms with Crippen LogP contribution in [0.4, 0.5) is 13.2 Å². The van der Waals surface area contributed by atoms with Crippen molar-refractivity contribution in [2.45, 2.75) is 25.1 Å². The molecule has 0 fully saturated rings. The summed E-state index contributed by atoms with van der Waals surface area (Å²) in [5, 5.41) is 0. The van der Waals surface area contributed by atoms with Gasteiger partial charge in [0.2, 0.25) is 0 Å². The molecule has 6 heteroatoms. The molecule has 14 heavy (non-hydrogen) atoms. The number of halogens is 3. The van der Waals surface area contributed by atoms with Crippen LogP contribution in [0, 0.1) is 0 Å². The maximum atomic E-state index is 11.6. The van der Waals surface area contributed by atoms with E-state index in [1.165, 1.54) is 7.11 Å². The number of methoxy groups -OCH3 is 1. The van der Waals surface area contributed by atoms with Gasteiger partial charge in [-0.2, -0.15) is 13.2 Å². The molecule has 0 amide bonds. The molecule has 0 aliphatic heterocycles. The summed E-state index contributed by atoms with van der Waals surface area (Å²) in [4.78, 5) is 0. The largest absolute Gasteiger partial charge is 0.411 e. The van der Waals surface area contributed by atoms with E-state index in [0.717, 1.165) is 0 Å². The quantitative estimate of drug-likeness (QED) is 0.651. The van der Waals surface area contributed by atoms with Gasteiger partial charge in [-0.15, -0.1) is 0 Å². The first-order valence-electron chi connectivity index (χ1n) is 4.34. The summed E-state index contributed by atoms with van der Waals surface area (Å²) in [6, 6.07) is -0.130. The lowest BCUT2D eigenvalue weighted by atomic mass is 10.2. The van der Waals surface area contributed by atoms with Crippen LogP contribution < -0.4 is 5.73 Å². The van der Waals surface area contributed by atoms with E-state index in [9.17, 15) is 13.2 Å². The van der Waals surface area contributed by atoms with Gasteiger partial charge in [0, 0.05) is 19.8 Å². The van der Waals surface area contributed by atoms with Gasteiger partial charge in [-0.3, -0.25) is 0 Å². The average molecular weight is 215 g/mol. The van der Waals surface area contributed by atoms with Gasteiger partial charge in [0.1, 0.15) is 6.61 Å². The van der Waals surface area contributed by atoms with Gasteiger partial charge in [0.05, 0.1) is 6.61 Å². The Hall–Kier alpha value is -0.330. The normalized spacial score (nSPS) is 14.4. The van der Waals surface area contributed by atoms with Crippen molar-refractivity contribution in [1.82, 2.24) is 0 Å². The fraction of sp³-hybridized carbons (Fsp3) is 1.00. The van der Waals surface area contributed by atoms with Gasteiger partial charge in [-0.05, 0) is 12.8 Å². The Balaban J connectivity index is 3.21. The lowest BCUT2D eigenvalue weighted by molar-refractivity contribution is -0.174. The lowest BCUT2D eigenvalue weighted by Crippen LogP contribution is -2.26. The summed E-state index contributed by atoms with van der Waals surface area (Å²) in [5.41, 5.74) is 5.55. The van der Waals surface area contributed by atoms with Crippen LogP contribution in [0.25, 0.3) is 0 Å². The Morgan fingerprint density at radius 3 is 2.50 bits per heavy atom. The Morgan fingerprint density at radius 2 is 2.00 bits per heavy atom. The molecule has 0 aromatic carbocycles. The van der Waals surface area contributed by atoms with Crippen molar-refractivity contribution in [1.29, 1.82) is 0 Å². The molecule has 2 N–H and O–H groups in total. The smallest absolute Gasteiger partial charge is 0.383 e. The van der Waals surface area contributed by atoms with Crippen LogP contribution in [0.15, 0.2) is 0 Å². The van der Waals surface area contributed by atoms with Crippen LogP contribution in [0.3, 0.4) is 0 Å². The molecule has 0 rings (SSSR count). The predicted molar refractivity (Wildman–Crippen MR) is 46.0 cm³/mol. The summed E-state index contributed by atoms with van der Waals surface area (Å²) in [7, 11) is 1.53. The highest BCUT2D eigenvalue weighted by molar-refractivity contribution is 4.59. The van der Waals surface area contributed by atoms with Crippen LogP contribution >= 0.6 is 0 Å². The van der Waals surface area contributed by atoms with Gasteiger partial charge in [0.25, 0.3) is 0 Å². The molecule has 0 aromatic heterocycles. The molecular weight excluding hydrogens is 199 g/mol. The van der Waals surface area contributed by atoms with Crippen LogP contribution in [0.1, 0.15) is 12.8 Å². The minimum Gasteiger partial charge on any atom is -0.383 e. The zero-order valence-electron chi connectivity index (χ0n) is 8.14. The number of ether oxygens (including phenoxy) is 2. The number of hydrogen-bond acceptors (Lipinski definition) is 3. The number of rotatable bonds is 7. The van der Waals surface area contributed by atoms with E-state index in [2.05, 4.69) is 4.74 Å². The minimum atomic E-state index is -4.24. The van der Waals surface area contributed by atoms with E-state index >= 15 is 0 Å². The molecule has 0 spiro atoms. The highest BCUT2D eigenvalue weighted by Gasteiger charge is 2.27. The molecular formula is C8H16F3NO2. The molecule has 3 nitrogen and oxygen atoms in total. The molecule has 0 aromatic rings. The van der Waals surface area contributed by atoms with Gasteiger partial charge in [0.15, 0.2) is 0 Å². The summed E-state index contributed by atoms with van der Waals surface area (Å²) >= 11 is 0. The van der Waals surface area contributed by atoms with Crippen LogP contribution in [-0.2, 0) is 9.47 Å². The SMILES string of the molecule is COCC(N)CCCOCC(F)(F)F. The number of nitrogens with two attached hydrogens (primary N) is 1. The maximum absolute atomic E-state index is 11.6. The zero-order chi connectivity index (χ0) is 11.0. The zero-order valence-corrected chi connectivity index (χ0v) is 8.14. The third-order valence-electron chi connectivity index (χ3n) is 1.51. The summed E-state index contributed by atoms with van der Waals surface area (Å²) in [6.07, 6.45) is -3.12. The molecule has 1 unspecified atom stereocenters. The van der Waals surface area contributed by atoms with Crippen LogP contribution in [0.2, 0.25) is 0 Å². The third kappa shape index (κ3) is 9.76. The van der Waals surface area contributed by atoms with Crippen LogP contribution in [0.5, 0.6) is 0 Å². The van der Waals surface area contributed by atoms with Gasteiger partial charge in [-0.1, -0.05) is 0 Å². The van der Waals surface area contributed by atoms with Gasteiger partial charge < -0.3 is 15.2 Å². The van der Waals surface area contributed by atoms with E-state index in [1.54, 1.807) is 0 Å². The molecule has 0 saturated heterocycles. The maximum Gasteiger partial charge on any atom is 0.411 e. The minimum absolute atomic E-state index is 0.0803. The topological polar surface area (TPSA) is 44.5 Å². The highest BCUT2D eigenvalue weighted by Crippen LogP contribution is 2.14. The van der Waals surface area contributed by atoms with Crippen LogP contribution in [-0.4, -0.2) is 39.1 Å². The van der Waals surface area contributed by atoms with Crippen molar-refractivity contribution >= 4 is 0 Å². The molecule has 0 saturated carbocycles. The average Bonchev–Trinajstić information content (AvgIpc) is 2.02. The van der Waals surface area contributed by atoms with Crippen molar-refractivity contribution < 1.29 is 22.6 Å². The van der Waals surface area contributed by atoms with E-state index in [0.29, 0.717) is 19.4 Å². The van der Waals surface area contributed by atoms with E-state index in [4.69, 9.17) is 10.5 Å². The fourth-order valence-corrected chi connectivity index (χ4v) is 0.933. The van der Waals surface area contributed by atoms with E-state index < -0.39 is 12.8 Å². The monoisotopic (exact) mass is 215 g/mol. The number of alkyl halides is 3. The molecule has 0 radical (unpaired) electrons. The standard InChI is InChI=1S/C8H16F3NO2/c1-13-5-7(12)3-2-4-14-6-8(9,10)11/h7H,2-6,12H2,1H3. The Labute approximate surface area is 81.4 Å². The molecule has 86 valence electrons. The lowest BCUT2D eigenvalue weighted by Gasteiger charge is -2.10. The fourth-order valence-electron chi connectivity index (χ4n) is 0.933. The van der Waals surface area contributed by atoms with E-state index in [-0.39, 0.29) is 12.6 Å². The first kappa shape index (κ1) is 13.7. The molecule has 0 bridgehead atoms. The van der Waals surface area contributed by atoms with Crippen molar-refractivity contribution in [3.63, 3.8) is 0 Å². The molecule has 0 aliphatic carbocycles. The van der Waals surface area contributed by atoms with Gasteiger partial charge in [-0.25, -0.2) is 0 Å². The van der Waals surface area contributed by atoms with Crippen molar-refractivity contribution in [3.8, 4) is 0 Å². The third-order valence-corrected chi connectivity index (χ3v) is 1.51. The second kappa shape index (κ2) is 7.03. The first-order chi connectivity index (χ1) is 6.45. The molecule has 0 aliphatic rings. The molecule has 0 heterocycles. The first-order valence-corrected chi connectivity index (χ1v) is 4.34. The summed E-state index contributed by atoms with van der Waals surface area (Å²) < 4.78 is 44.0. The highest BCUT2D eigenvalue weighted by atomic mass is 19.4. The van der Waals surface area contributed by atoms with Crippen molar-refractivity contribution in [2.75, 3.05) is 26.9 Å². The summed E-state index contributed by atoms with van der Waals surface area (Å²) in [6.45, 7) is -0.692. The number of hydrogen-bond donors (Lipinski definition) is 1. The van der Waals surface area contributed by atoms with E-state index in [1.807, 2.05) is 0 Å². The molecule has 1 atom stereocenters. The predicted octanol–water partition coefficient (Wildman–Crippen LogP) is 1.32. The second-order valence-electron chi connectivity index (χ2n) is 3.03. The Bertz CT molecular complexity index is 141. The van der Waals surface area contributed by atoms with Gasteiger partial charge >= 0.3 is 6.18 Å². The Kier molecular flexibility index (Phi) is 6.86.